The number of nitrogens with zero attached hydrogens (tertiary/aromatic N) is 3. The van der Waals surface area contributed by atoms with Crippen LogP contribution in [-0.2, 0) is 12.8 Å². The van der Waals surface area contributed by atoms with Crippen molar-refractivity contribution in [1.29, 1.82) is 0 Å². The molecule has 21 heavy (non-hydrogen) atoms. The van der Waals surface area contributed by atoms with Crippen molar-refractivity contribution >= 4 is 0 Å². The zero-order valence-electron chi connectivity index (χ0n) is 12.7. The quantitative estimate of drug-likeness (QED) is 0.767. The summed E-state index contributed by atoms with van der Waals surface area (Å²) in [7, 11) is 0. The minimum atomic E-state index is 0.661. The SMILES string of the molecule is CCCC(CCN)CCc1nc(Cc2cccnc2)no1. The maximum atomic E-state index is 5.66. The van der Waals surface area contributed by atoms with E-state index in [9.17, 15) is 0 Å². The second-order valence-electron chi connectivity index (χ2n) is 5.41. The number of hydrogen-bond donors (Lipinski definition) is 1. The van der Waals surface area contributed by atoms with E-state index in [0.717, 1.165) is 43.1 Å². The van der Waals surface area contributed by atoms with E-state index >= 15 is 0 Å². The van der Waals surface area contributed by atoms with E-state index in [0.29, 0.717) is 12.3 Å². The van der Waals surface area contributed by atoms with Crippen molar-refractivity contribution in [2.24, 2.45) is 11.7 Å². The minimum absolute atomic E-state index is 0.661. The van der Waals surface area contributed by atoms with Gasteiger partial charge >= 0.3 is 0 Å². The maximum absolute atomic E-state index is 5.66. The molecule has 5 nitrogen and oxygen atoms in total. The number of aryl methyl sites for hydroxylation is 1. The first-order chi connectivity index (χ1) is 10.3. The number of nitrogens with two attached hydrogens (primary N) is 1. The number of hydrogen-bond acceptors (Lipinski definition) is 5. The van der Waals surface area contributed by atoms with E-state index in [2.05, 4.69) is 22.0 Å². The summed E-state index contributed by atoms with van der Waals surface area (Å²) in [4.78, 5) is 8.55. The molecule has 0 aliphatic carbocycles. The summed E-state index contributed by atoms with van der Waals surface area (Å²) in [5.41, 5.74) is 6.76. The second kappa shape index (κ2) is 8.52. The zero-order chi connectivity index (χ0) is 14.9. The lowest BCUT2D eigenvalue weighted by atomic mass is 9.94. The van der Waals surface area contributed by atoms with Crippen LogP contribution < -0.4 is 5.73 Å². The summed E-state index contributed by atoms with van der Waals surface area (Å²) < 4.78 is 5.33. The van der Waals surface area contributed by atoms with Crippen molar-refractivity contribution in [3.05, 3.63) is 41.8 Å². The van der Waals surface area contributed by atoms with Crippen LogP contribution in [0.15, 0.2) is 29.0 Å². The Morgan fingerprint density at radius 2 is 2.19 bits per heavy atom. The van der Waals surface area contributed by atoms with Gasteiger partial charge in [0.2, 0.25) is 5.89 Å². The third kappa shape index (κ3) is 5.27. The standard InChI is InChI=1S/C16H24N4O/c1-2-4-13(8-9-17)6-7-16-19-15(20-21-16)11-14-5-3-10-18-12-14/h3,5,10,12-13H,2,4,6-9,11,17H2,1H3. The summed E-state index contributed by atoms with van der Waals surface area (Å²) in [6.45, 7) is 2.96. The van der Waals surface area contributed by atoms with Gasteiger partial charge in [-0.1, -0.05) is 31.0 Å². The summed E-state index contributed by atoms with van der Waals surface area (Å²) in [6.07, 6.45) is 9.65. The van der Waals surface area contributed by atoms with E-state index in [-0.39, 0.29) is 0 Å². The van der Waals surface area contributed by atoms with Crippen molar-refractivity contribution in [2.45, 2.75) is 45.4 Å². The highest BCUT2D eigenvalue weighted by molar-refractivity contribution is 5.13. The van der Waals surface area contributed by atoms with Crippen LogP contribution in [0.4, 0.5) is 0 Å². The largest absolute Gasteiger partial charge is 0.339 e. The normalized spacial score (nSPS) is 12.5. The van der Waals surface area contributed by atoms with E-state index in [1.807, 2.05) is 18.3 Å². The lowest BCUT2D eigenvalue weighted by Crippen LogP contribution is -2.09. The second-order valence-corrected chi connectivity index (χ2v) is 5.41. The number of aromatic nitrogens is 3. The lowest BCUT2D eigenvalue weighted by molar-refractivity contribution is 0.347. The van der Waals surface area contributed by atoms with Gasteiger partial charge in [-0.3, -0.25) is 4.98 Å². The van der Waals surface area contributed by atoms with Crippen molar-refractivity contribution in [2.75, 3.05) is 6.54 Å². The first kappa shape index (κ1) is 15.6. The van der Waals surface area contributed by atoms with E-state index in [4.69, 9.17) is 10.3 Å². The summed E-state index contributed by atoms with van der Waals surface area (Å²) in [5.74, 6) is 2.12. The molecule has 2 rings (SSSR count). The first-order valence-corrected chi connectivity index (χ1v) is 7.72. The van der Waals surface area contributed by atoms with Crippen LogP contribution in [0, 0.1) is 5.92 Å². The van der Waals surface area contributed by atoms with Gasteiger partial charge in [-0.05, 0) is 36.9 Å². The third-order valence-electron chi connectivity index (χ3n) is 3.63. The smallest absolute Gasteiger partial charge is 0.226 e. The molecule has 0 saturated heterocycles. The lowest BCUT2D eigenvalue weighted by Gasteiger charge is -2.13. The maximum Gasteiger partial charge on any atom is 0.226 e. The van der Waals surface area contributed by atoms with Gasteiger partial charge in [-0.25, -0.2) is 0 Å². The van der Waals surface area contributed by atoms with Crippen LogP contribution in [-0.4, -0.2) is 21.7 Å². The van der Waals surface area contributed by atoms with Gasteiger partial charge in [0, 0.05) is 25.2 Å². The molecule has 0 bridgehead atoms. The molecule has 1 atom stereocenters. The Kier molecular flexibility index (Phi) is 6.34. The molecule has 0 aromatic carbocycles. The van der Waals surface area contributed by atoms with E-state index in [1.54, 1.807) is 6.20 Å². The molecule has 0 amide bonds. The predicted molar refractivity (Wildman–Crippen MR) is 81.7 cm³/mol. The molecule has 114 valence electrons. The molecule has 0 saturated carbocycles. The van der Waals surface area contributed by atoms with Crippen LogP contribution in [0.3, 0.4) is 0 Å². The predicted octanol–water partition coefficient (Wildman–Crippen LogP) is 2.75. The molecule has 0 radical (unpaired) electrons. The first-order valence-electron chi connectivity index (χ1n) is 7.72. The van der Waals surface area contributed by atoms with Gasteiger partial charge in [0.05, 0.1) is 0 Å². The van der Waals surface area contributed by atoms with Crippen LogP contribution in [0.5, 0.6) is 0 Å². The molecular weight excluding hydrogens is 264 g/mol. The summed E-state index contributed by atoms with van der Waals surface area (Å²) in [6, 6.07) is 3.93. The van der Waals surface area contributed by atoms with Crippen molar-refractivity contribution < 1.29 is 4.52 Å². The molecule has 2 heterocycles. The van der Waals surface area contributed by atoms with E-state index in [1.165, 1.54) is 12.8 Å². The average molecular weight is 288 g/mol. The molecule has 2 N–H and O–H groups in total. The highest BCUT2D eigenvalue weighted by Gasteiger charge is 2.11. The molecule has 2 aromatic rings. The third-order valence-corrected chi connectivity index (χ3v) is 3.63. The molecular formula is C16H24N4O. The fraction of sp³-hybridized carbons (Fsp3) is 0.562. The Hall–Kier alpha value is -1.75. The fourth-order valence-electron chi connectivity index (χ4n) is 2.55. The minimum Gasteiger partial charge on any atom is -0.339 e. The zero-order valence-corrected chi connectivity index (χ0v) is 12.7. The monoisotopic (exact) mass is 288 g/mol. The van der Waals surface area contributed by atoms with Crippen LogP contribution in [0.2, 0.25) is 0 Å². The molecule has 5 heteroatoms. The number of rotatable bonds is 9. The molecule has 0 spiro atoms. The van der Waals surface area contributed by atoms with Crippen molar-refractivity contribution in [3.8, 4) is 0 Å². The summed E-state index contributed by atoms with van der Waals surface area (Å²) >= 11 is 0. The van der Waals surface area contributed by atoms with Crippen LogP contribution >= 0.6 is 0 Å². The summed E-state index contributed by atoms with van der Waals surface area (Å²) in [5, 5.41) is 4.04. The Bertz CT molecular complexity index is 506. The number of pyridine rings is 1. The Morgan fingerprint density at radius 1 is 1.29 bits per heavy atom. The topological polar surface area (TPSA) is 77.8 Å². The fourth-order valence-corrected chi connectivity index (χ4v) is 2.55. The van der Waals surface area contributed by atoms with Gasteiger partial charge < -0.3 is 10.3 Å². The molecule has 2 aromatic heterocycles. The van der Waals surface area contributed by atoms with Gasteiger partial charge in [0.25, 0.3) is 0 Å². The van der Waals surface area contributed by atoms with Gasteiger partial charge in [0.1, 0.15) is 0 Å². The molecule has 0 aliphatic heterocycles. The van der Waals surface area contributed by atoms with Gasteiger partial charge in [-0.15, -0.1) is 0 Å². The highest BCUT2D eigenvalue weighted by Crippen LogP contribution is 2.17. The molecule has 0 fully saturated rings. The molecule has 1 unspecified atom stereocenters. The van der Waals surface area contributed by atoms with Gasteiger partial charge in [0.15, 0.2) is 5.82 Å². The van der Waals surface area contributed by atoms with E-state index < -0.39 is 0 Å². The van der Waals surface area contributed by atoms with Gasteiger partial charge in [-0.2, -0.15) is 4.98 Å². The van der Waals surface area contributed by atoms with Crippen LogP contribution in [0.1, 0.15) is 49.9 Å². The van der Waals surface area contributed by atoms with Crippen LogP contribution in [0.25, 0.3) is 0 Å². The highest BCUT2D eigenvalue weighted by atomic mass is 16.5. The molecule has 0 aliphatic rings. The average Bonchev–Trinajstić information content (AvgIpc) is 2.94. The Labute approximate surface area is 126 Å². The van der Waals surface area contributed by atoms with Crippen molar-refractivity contribution in [3.63, 3.8) is 0 Å². The Morgan fingerprint density at radius 3 is 2.90 bits per heavy atom. The van der Waals surface area contributed by atoms with Crippen molar-refractivity contribution in [1.82, 2.24) is 15.1 Å². The Balaban J connectivity index is 1.85.